The Bertz CT molecular complexity index is 172. The first-order chi connectivity index (χ1) is 6.74. The molecule has 82 valence electrons. The number of hydrogen-bond donors (Lipinski definition) is 0. The van der Waals surface area contributed by atoms with Crippen molar-refractivity contribution in [3.05, 3.63) is 0 Å². The minimum Gasteiger partial charge on any atom is -0.372 e. The van der Waals surface area contributed by atoms with Crippen molar-refractivity contribution in [2.75, 3.05) is 40.3 Å². The minimum absolute atomic E-state index is 0.549. The van der Waals surface area contributed by atoms with E-state index in [1.807, 2.05) is 0 Å². The van der Waals surface area contributed by atoms with E-state index in [2.05, 4.69) is 23.9 Å². The second-order valence-electron chi connectivity index (χ2n) is 4.87. The molecule has 2 heterocycles. The molecule has 0 saturated carbocycles. The van der Waals surface area contributed by atoms with Gasteiger partial charge in [-0.05, 0) is 46.4 Å². The summed E-state index contributed by atoms with van der Waals surface area (Å²) < 4.78 is 5.80. The maximum atomic E-state index is 5.80. The lowest BCUT2D eigenvalue weighted by atomic mass is 10.2. The summed E-state index contributed by atoms with van der Waals surface area (Å²) in [5.74, 6) is 0. The fourth-order valence-corrected chi connectivity index (χ4v) is 2.49. The molecule has 2 saturated heterocycles. The Morgan fingerprint density at radius 3 is 2.43 bits per heavy atom. The molecule has 3 heteroatoms. The maximum Gasteiger partial charge on any atom is 0.0707 e. The fraction of sp³-hybridized carbons (Fsp3) is 1.00. The molecule has 0 aliphatic carbocycles. The standard InChI is InChI=1S/C11H22N2O/c1-12(2)6-3-7-13-8-10-4-5-11(9-13)14-10/h10-11H,3-9H2,1-2H3. The van der Waals surface area contributed by atoms with Gasteiger partial charge in [-0.3, -0.25) is 4.90 Å². The van der Waals surface area contributed by atoms with Crippen molar-refractivity contribution in [3.8, 4) is 0 Å². The Morgan fingerprint density at radius 1 is 1.21 bits per heavy atom. The van der Waals surface area contributed by atoms with E-state index in [0.29, 0.717) is 12.2 Å². The Hall–Kier alpha value is -0.120. The first-order valence-corrected chi connectivity index (χ1v) is 5.76. The third-order valence-corrected chi connectivity index (χ3v) is 3.20. The van der Waals surface area contributed by atoms with Gasteiger partial charge in [0.2, 0.25) is 0 Å². The summed E-state index contributed by atoms with van der Waals surface area (Å²) in [7, 11) is 4.28. The average Bonchev–Trinajstić information content (AvgIpc) is 2.45. The second kappa shape index (κ2) is 4.60. The molecule has 0 amide bonds. The Kier molecular flexibility index (Phi) is 3.42. The van der Waals surface area contributed by atoms with Gasteiger partial charge >= 0.3 is 0 Å². The van der Waals surface area contributed by atoms with Crippen LogP contribution in [0, 0.1) is 0 Å². The van der Waals surface area contributed by atoms with E-state index >= 15 is 0 Å². The van der Waals surface area contributed by atoms with Crippen LogP contribution in [0.3, 0.4) is 0 Å². The minimum atomic E-state index is 0.549. The third kappa shape index (κ3) is 2.69. The first-order valence-electron chi connectivity index (χ1n) is 5.76. The van der Waals surface area contributed by atoms with Crippen LogP contribution in [0.15, 0.2) is 0 Å². The van der Waals surface area contributed by atoms with Gasteiger partial charge in [0, 0.05) is 13.1 Å². The smallest absolute Gasteiger partial charge is 0.0707 e. The van der Waals surface area contributed by atoms with E-state index in [-0.39, 0.29) is 0 Å². The number of nitrogens with zero attached hydrogens (tertiary/aromatic N) is 2. The van der Waals surface area contributed by atoms with E-state index in [0.717, 1.165) is 0 Å². The predicted octanol–water partition coefficient (Wildman–Crippen LogP) is 0.801. The number of rotatable bonds is 4. The molecule has 2 rings (SSSR count). The van der Waals surface area contributed by atoms with E-state index in [1.54, 1.807) is 0 Å². The summed E-state index contributed by atoms with van der Waals surface area (Å²) in [5, 5.41) is 0. The van der Waals surface area contributed by atoms with Crippen LogP contribution in [0.25, 0.3) is 0 Å². The van der Waals surface area contributed by atoms with Gasteiger partial charge in [-0.2, -0.15) is 0 Å². The van der Waals surface area contributed by atoms with E-state index in [4.69, 9.17) is 4.74 Å². The van der Waals surface area contributed by atoms with Gasteiger partial charge in [0.1, 0.15) is 0 Å². The molecule has 0 radical (unpaired) electrons. The Morgan fingerprint density at radius 2 is 1.86 bits per heavy atom. The van der Waals surface area contributed by atoms with Crippen molar-refractivity contribution in [2.45, 2.75) is 31.5 Å². The SMILES string of the molecule is CN(C)CCCN1CC2CCC(C1)O2. The van der Waals surface area contributed by atoms with Crippen LogP contribution < -0.4 is 0 Å². The molecule has 0 aromatic carbocycles. The van der Waals surface area contributed by atoms with Crippen molar-refractivity contribution in [1.82, 2.24) is 9.80 Å². The molecule has 2 aliphatic heterocycles. The fourth-order valence-electron chi connectivity index (χ4n) is 2.49. The normalized spacial score (nSPS) is 32.8. The summed E-state index contributed by atoms with van der Waals surface area (Å²) >= 11 is 0. The highest BCUT2D eigenvalue weighted by Gasteiger charge is 2.33. The van der Waals surface area contributed by atoms with Crippen LogP contribution >= 0.6 is 0 Å². The van der Waals surface area contributed by atoms with Crippen LogP contribution in [-0.2, 0) is 4.74 Å². The molecule has 0 spiro atoms. The summed E-state index contributed by atoms with van der Waals surface area (Å²) in [5.41, 5.74) is 0. The zero-order valence-electron chi connectivity index (χ0n) is 9.41. The summed E-state index contributed by atoms with van der Waals surface area (Å²) in [6.07, 6.45) is 4.96. The van der Waals surface area contributed by atoms with Gasteiger partial charge in [-0.25, -0.2) is 0 Å². The van der Waals surface area contributed by atoms with Crippen molar-refractivity contribution in [1.29, 1.82) is 0 Å². The Balaban J connectivity index is 1.67. The zero-order chi connectivity index (χ0) is 9.97. The quantitative estimate of drug-likeness (QED) is 0.664. The molecule has 2 atom stereocenters. The van der Waals surface area contributed by atoms with Gasteiger partial charge in [-0.1, -0.05) is 0 Å². The molecule has 3 nitrogen and oxygen atoms in total. The average molecular weight is 198 g/mol. The van der Waals surface area contributed by atoms with Crippen LogP contribution in [0.5, 0.6) is 0 Å². The predicted molar refractivity (Wildman–Crippen MR) is 57.5 cm³/mol. The van der Waals surface area contributed by atoms with E-state index in [1.165, 1.54) is 45.4 Å². The highest BCUT2D eigenvalue weighted by Crippen LogP contribution is 2.25. The van der Waals surface area contributed by atoms with Crippen LogP contribution in [0.1, 0.15) is 19.3 Å². The lowest BCUT2D eigenvalue weighted by molar-refractivity contribution is -0.0387. The lowest BCUT2D eigenvalue weighted by Gasteiger charge is -2.32. The van der Waals surface area contributed by atoms with Crippen molar-refractivity contribution in [3.63, 3.8) is 0 Å². The summed E-state index contributed by atoms with van der Waals surface area (Å²) in [6, 6.07) is 0. The summed E-state index contributed by atoms with van der Waals surface area (Å²) in [6.45, 7) is 4.79. The first kappa shape index (κ1) is 10.4. The molecule has 0 aromatic heterocycles. The molecular formula is C11H22N2O. The van der Waals surface area contributed by atoms with Gasteiger partial charge in [0.05, 0.1) is 12.2 Å². The molecule has 2 aliphatic rings. The van der Waals surface area contributed by atoms with Gasteiger partial charge in [0.15, 0.2) is 0 Å². The number of ether oxygens (including phenoxy) is 1. The highest BCUT2D eigenvalue weighted by molar-refractivity contribution is 4.84. The van der Waals surface area contributed by atoms with Crippen LogP contribution in [0.4, 0.5) is 0 Å². The molecule has 0 N–H and O–H groups in total. The number of hydrogen-bond acceptors (Lipinski definition) is 3. The molecule has 14 heavy (non-hydrogen) atoms. The van der Waals surface area contributed by atoms with Gasteiger partial charge in [-0.15, -0.1) is 0 Å². The number of fused-ring (bicyclic) bond motifs is 2. The number of likely N-dealkylation sites (tertiary alicyclic amines) is 1. The monoisotopic (exact) mass is 198 g/mol. The molecular weight excluding hydrogens is 176 g/mol. The van der Waals surface area contributed by atoms with Crippen molar-refractivity contribution < 1.29 is 4.74 Å². The van der Waals surface area contributed by atoms with Crippen molar-refractivity contribution >= 4 is 0 Å². The molecule has 0 aromatic rings. The topological polar surface area (TPSA) is 15.7 Å². The Labute approximate surface area is 87.0 Å². The summed E-state index contributed by atoms with van der Waals surface area (Å²) in [4.78, 5) is 4.84. The highest BCUT2D eigenvalue weighted by atomic mass is 16.5. The third-order valence-electron chi connectivity index (χ3n) is 3.20. The second-order valence-corrected chi connectivity index (χ2v) is 4.87. The number of morpholine rings is 1. The lowest BCUT2D eigenvalue weighted by Crippen LogP contribution is -2.43. The molecule has 2 unspecified atom stereocenters. The van der Waals surface area contributed by atoms with Gasteiger partial charge in [0.25, 0.3) is 0 Å². The van der Waals surface area contributed by atoms with Crippen molar-refractivity contribution in [2.24, 2.45) is 0 Å². The van der Waals surface area contributed by atoms with Crippen LogP contribution in [0.2, 0.25) is 0 Å². The van der Waals surface area contributed by atoms with E-state index in [9.17, 15) is 0 Å². The van der Waals surface area contributed by atoms with Gasteiger partial charge < -0.3 is 9.64 Å². The molecule has 2 fully saturated rings. The molecule has 2 bridgehead atoms. The maximum absolute atomic E-state index is 5.80. The zero-order valence-corrected chi connectivity index (χ0v) is 9.41. The van der Waals surface area contributed by atoms with E-state index < -0.39 is 0 Å². The van der Waals surface area contributed by atoms with Crippen LogP contribution in [-0.4, -0.2) is 62.3 Å². The largest absolute Gasteiger partial charge is 0.372 e.